The monoisotopic (exact) mass is 688 g/mol. The molecule has 0 heterocycles. The summed E-state index contributed by atoms with van der Waals surface area (Å²) in [7, 11) is 4.84. The average molecular weight is 689 g/mol. The van der Waals surface area contributed by atoms with Gasteiger partial charge < -0.3 is 18.1 Å². The van der Waals surface area contributed by atoms with Crippen LogP contribution in [0.15, 0.2) is 143 Å². The van der Waals surface area contributed by atoms with E-state index in [-0.39, 0.29) is 9.79 Å². The Kier molecular flexibility index (Phi) is 13.0. The summed E-state index contributed by atoms with van der Waals surface area (Å²) in [6.07, 6.45) is 0. The van der Waals surface area contributed by atoms with E-state index >= 15 is 0 Å². The summed E-state index contributed by atoms with van der Waals surface area (Å²) < 4.78 is 63.6. The normalized spacial score (nSPS) is 11.8. The van der Waals surface area contributed by atoms with Gasteiger partial charge in [0.05, 0.1) is 52.1 Å². The minimum atomic E-state index is -4.25. The first-order chi connectivity index (χ1) is 22.3. The lowest BCUT2D eigenvalue weighted by Crippen LogP contribution is -2.33. The molecule has 0 aromatic heterocycles. The van der Waals surface area contributed by atoms with Crippen molar-refractivity contribution in [1.29, 1.82) is 0 Å². The standard InChI is InChI=1S/C26H34N2.2C6H6O3S/c1-27(2,3)19-21-7-11-23(12-8-21)25-15-17-26(18-16-25)24-13-9-22(10-14-24)20-28(4,5)6;2*7-10(8,9)6-4-2-1-3-5-6/h7-18H,19-20H2,1-6H3;2*1-5H,(H,7,8,9)/q+2;;/p-2. The first-order valence-electron chi connectivity index (χ1n) is 15.2. The Hall–Kier alpha value is -4.16. The lowest BCUT2D eigenvalue weighted by atomic mass is 9.99. The van der Waals surface area contributed by atoms with Crippen LogP contribution in [0, 0.1) is 0 Å². The zero-order valence-corrected chi connectivity index (χ0v) is 29.9. The van der Waals surface area contributed by atoms with Crippen molar-refractivity contribution in [3.8, 4) is 22.3 Å². The molecule has 0 amide bonds. The maximum absolute atomic E-state index is 10.3. The van der Waals surface area contributed by atoms with Gasteiger partial charge in [-0.15, -0.1) is 0 Å². The van der Waals surface area contributed by atoms with Crippen molar-refractivity contribution in [2.45, 2.75) is 22.9 Å². The second-order valence-corrected chi connectivity index (χ2v) is 16.2. The van der Waals surface area contributed by atoms with Crippen molar-refractivity contribution in [2.24, 2.45) is 0 Å². The highest BCUT2D eigenvalue weighted by atomic mass is 32.2. The van der Waals surface area contributed by atoms with Crippen molar-refractivity contribution in [2.75, 3.05) is 42.3 Å². The minimum absolute atomic E-state index is 0.185. The van der Waals surface area contributed by atoms with Crippen molar-refractivity contribution < 1.29 is 34.9 Å². The van der Waals surface area contributed by atoms with Gasteiger partial charge in [0.25, 0.3) is 0 Å². The van der Waals surface area contributed by atoms with Gasteiger partial charge in [0.15, 0.2) is 0 Å². The SMILES string of the molecule is C[N+](C)(C)Cc1ccc(-c2ccc(-c3ccc(C[N+](C)(C)C)cc3)cc2)cc1.O=S(=O)([O-])c1ccccc1.O=S(=O)([O-])c1ccccc1. The molecule has 5 aromatic rings. The van der Waals surface area contributed by atoms with Gasteiger partial charge in [0, 0.05) is 11.1 Å². The third-order valence-electron chi connectivity index (χ3n) is 6.84. The van der Waals surface area contributed by atoms with Crippen LogP contribution < -0.4 is 0 Å². The molecule has 0 unspecified atom stereocenters. The topological polar surface area (TPSA) is 114 Å². The van der Waals surface area contributed by atoms with Gasteiger partial charge in [0.2, 0.25) is 0 Å². The molecule has 0 aliphatic carbocycles. The van der Waals surface area contributed by atoms with Crippen LogP contribution in [-0.2, 0) is 33.3 Å². The minimum Gasteiger partial charge on any atom is -0.744 e. The van der Waals surface area contributed by atoms with E-state index in [2.05, 4.69) is 115 Å². The number of hydrogen-bond acceptors (Lipinski definition) is 6. The molecule has 0 N–H and O–H groups in total. The van der Waals surface area contributed by atoms with E-state index in [1.165, 1.54) is 81.9 Å². The quantitative estimate of drug-likeness (QED) is 0.134. The zero-order chi connectivity index (χ0) is 35.6. The van der Waals surface area contributed by atoms with Gasteiger partial charge in [-0.3, -0.25) is 0 Å². The van der Waals surface area contributed by atoms with Crippen LogP contribution in [0.2, 0.25) is 0 Å². The van der Waals surface area contributed by atoms with Crippen molar-refractivity contribution in [1.82, 2.24) is 0 Å². The molecule has 0 atom stereocenters. The highest BCUT2D eigenvalue weighted by molar-refractivity contribution is 7.86. The molecule has 0 aliphatic rings. The van der Waals surface area contributed by atoms with Crippen LogP contribution in [0.3, 0.4) is 0 Å². The molecule has 0 saturated carbocycles. The molecule has 254 valence electrons. The fourth-order valence-electron chi connectivity index (χ4n) is 4.73. The van der Waals surface area contributed by atoms with Crippen LogP contribution in [0.1, 0.15) is 11.1 Å². The Bertz CT molecular complexity index is 1790. The maximum atomic E-state index is 10.3. The number of nitrogens with zero attached hydrogens (tertiary/aromatic N) is 2. The Morgan fingerprint density at radius 1 is 0.396 bits per heavy atom. The summed E-state index contributed by atoms with van der Waals surface area (Å²) in [5.74, 6) is 0. The largest absolute Gasteiger partial charge is 0.744 e. The fourth-order valence-corrected chi connectivity index (χ4v) is 5.71. The van der Waals surface area contributed by atoms with E-state index in [4.69, 9.17) is 0 Å². The van der Waals surface area contributed by atoms with Gasteiger partial charge in [0.1, 0.15) is 33.3 Å². The number of quaternary nitrogens is 2. The van der Waals surface area contributed by atoms with Crippen molar-refractivity contribution >= 4 is 20.2 Å². The van der Waals surface area contributed by atoms with Gasteiger partial charge in [-0.05, 0) is 46.5 Å². The molecule has 0 fully saturated rings. The highest BCUT2D eigenvalue weighted by Gasteiger charge is 2.10. The Morgan fingerprint density at radius 3 is 0.812 bits per heavy atom. The zero-order valence-electron chi connectivity index (χ0n) is 28.3. The fraction of sp³-hybridized carbons (Fsp3) is 0.211. The second-order valence-electron chi connectivity index (χ2n) is 13.4. The molecule has 0 radical (unpaired) electrons. The summed E-state index contributed by atoms with van der Waals surface area (Å²) >= 11 is 0. The van der Waals surface area contributed by atoms with E-state index in [9.17, 15) is 25.9 Å². The molecule has 8 nitrogen and oxygen atoms in total. The predicted octanol–water partition coefficient (Wildman–Crippen LogP) is 6.61. The molecule has 5 rings (SSSR count). The summed E-state index contributed by atoms with van der Waals surface area (Å²) in [6.45, 7) is 2.09. The molecular weight excluding hydrogens is 645 g/mol. The van der Waals surface area contributed by atoms with Crippen LogP contribution in [0.5, 0.6) is 0 Å². The molecule has 0 saturated heterocycles. The van der Waals surface area contributed by atoms with Gasteiger partial charge >= 0.3 is 0 Å². The molecular formula is C38H44N2O6S2. The average Bonchev–Trinajstić information content (AvgIpc) is 3.01. The molecule has 5 aromatic carbocycles. The number of benzene rings is 5. The van der Waals surface area contributed by atoms with Crippen molar-refractivity contribution in [3.63, 3.8) is 0 Å². The third-order valence-corrected chi connectivity index (χ3v) is 8.54. The van der Waals surface area contributed by atoms with Crippen molar-refractivity contribution in [3.05, 3.63) is 145 Å². The molecule has 10 heteroatoms. The van der Waals surface area contributed by atoms with Gasteiger partial charge in [-0.25, -0.2) is 16.8 Å². The van der Waals surface area contributed by atoms with E-state index in [0.717, 1.165) is 22.1 Å². The van der Waals surface area contributed by atoms with Gasteiger partial charge in [-0.2, -0.15) is 0 Å². The van der Waals surface area contributed by atoms with E-state index in [0.29, 0.717) is 0 Å². The number of hydrogen-bond donors (Lipinski definition) is 0. The van der Waals surface area contributed by atoms with Crippen LogP contribution >= 0.6 is 0 Å². The first-order valence-corrected chi connectivity index (χ1v) is 18.0. The van der Waals surface area contributed by atoms with Gasteiger partial charge in [-0.1, -0.05) is 109 Å². The van der Waals surface area contributed by atoms with E-state index in [1.54, 1.807) is 12.1 Å². The summed E-state index contributed by atoms with van der Waals surface area (Å²) in [5, 5.41) is 0. The summed E-state index contributed by atoms with van der Waals surface area (Å²) in [4.78, 5) is -0.370. The van der Waals surface area contributed by atoms with Crippen LogP contribution in [0.25, 0.3) is 22.3 Å². The lowest BCUT2D eigenvalue weighted by molar-refractivity contribution is -0.884. The Labute approximate surface area is 286 Å². The van der Waals surface area contributed by atoms with E-state index in [1.807, 2.05) is 0 Å². The van der Waals surface area contributed by atoms with Crippen LogP contribution in [-0.4, -0.2) is 77.2 Å². The molecule has 48 heavy (non-hydrogen) atoms. The highest BCUT2D eigenvalue weighted by Crippen LogP contribution is 2.26. The number of rotatable bonds is 8. The van der Waals surface area contributed by atoms with Crippen LogP contribution in [0.4, 0.5) is 0 Å². The predicted molar refractivity (Wildman–Crippen MR) is 190 cm³/mol. The maximum Gasteiger partial charge on any atom is 0.124 e. The Balaban J connectivity index is 0.000000253. The molecule has 0 aliphatic heterocycles. The lowest BCUT2D eigenvalue weighted by Gasteiger charge is -2.24. The first kappa shape index (κ1) is 38.3. The molecule has 0 spiro atoms. The summed E-state index contributed by atoms with van der Waals surface area (Å²) in [5.41, 5.74) is 7.83. The Morgan fingerprint density at radius 2 is 0.625 bits per heavy atom. The summed E-state index contributed by atoms with van der Waals surface area (Å²) in [6, 6.07) is 41.2. The second kappa shape index (κ2) is 16.3. The van der Waals surface area contributed by atoms with E-state index < -0.39 is 20.2 Å². The third kappa shape index (κ3) is 13.5. The smallest absolute Gasteiger partial charge is 0.124 e. The molecule has 0 bridgehead atoms.